The van der Waals surface area contributed by atoms with Crippen LogP contribution in [0.25, 0.3) is 0 Å². The molecule has 0 aliphatic carbocycles. The third kappa shape index (κ3) is 6.85. The molecule has 0 saturated heterocycles. The molecule has 1 aliphatic heterocycles. The second-order valence-electron chi connectivity index (χ2n) is 7.85. The summed E-state index contributed by atoms with van der Waals surface area (Å²) >= 11 is 1.56. The zero-order chi connectivity index (χ0) is 23.8. The Morgan fingerprint density at radius 2 is 1.97 bits per heavy atom. The van der Waals surface area contributed by atoms with Crippen molar-refractivity contribution in [3.63, 3.8) is 0 Å². The van der Waals surface area contributed by atoms with Crippen LogP contribution in [-0.2, 0) is 16.1 Å². The van der Waals surface area contributed by atoms with Crippen LogP contribution >= 0.6 is 11.3 Å². The predicted octanol–water partition coefficient (Wildman–Crippen LogP) is 3.51. The fraction of sp³-hybridized carbons (Fsp3) is 0.435. The molecule has 3 N–H and O–H groups in total. The maximum Gasteiger partial charge on any atom is 0.315 e. The molecular weight excluding hydrogens is 446 g/mol. The molecule has 0 bridgehead atoms. The van der Waals surface area contributed by atoms with Gasteiger partial charge < -0.3 is 30.1 Å². The van der Waals surface area contributed by atoms with E-state index in [-0.39, 0.29) is 19.1 Å². The molecule has 0 spiro atoms. The number of hydrogen-bond donors (Lipinski definition) is 3. The van der Waals surface area contributed by atoms with Crippen molar-refractivity contribution < 1.29 is 29.0 Å². The first-order valence-electron chi connectivity index (χ1n) is 10.8. The van der Waals surface area contributed by atoms with Crippen LogP contribution in [0.3, 0.4) is 0 Å². The van der Waals surface area contributed by atoms with Gasteiger partial charge in [0.2, 0.25) is 12.7 Å². The van der Waals surface area contributed by atoms with E-state index in [2.05, 4.69) is 10.6 Å². The lowest BCUT2D eigenvalue weighted by Crippen LogP contribution is -2.50. The summed E-state index contributed by atoms with van der Waals surface area (Å²) in [7, 11) is 1.71. The number of carbonyl (C=O) groups excluding carboxylic acids is 2. The molecule has 2 heterocycles. The number of aliphatic carboxylic acids is 1. The molecule has 0 radical (unpaired) electrons. The second-order valence-corrected chi connectivity index (χ2v) is 8.88. The quantitative estimate of drug-likeness (QED) is 0.458. The lowest BCUT2D eigenvalue weighted by Gasteiger charge is -2.26. The van der Waals surface area contributed by atoms with Gasteiger partial charge in [-0.25, -0.2) is 4.79 Å². The zero-order valence-electron chi connectivity index (χ0n) is 18.7. The summed E-state index contributed by atoms with van der Waals surface area (Å²) in [4.78, 5) is 39.9. The number of fused-ring (bicyclic) bond motifs is 1. The number of carbonyl (C=O) groups is 3. The number of likely N-dealkylation sites (N-methyl/N-ethyl adjacent to an activating group) is 1. The third-order valence-electron chi connectivity index (χ3n) is 5.28. The number of urea groups is 1. The van der Waals surface area contributed by atoms with Crippen LogP contribution in [0.5, 0.6) is 11.5 Å². The first-order valence-corrected chi connectivity index (χ1v) is 11.7. The van der Waals surface area contributed by atoms with Crippen LogP contribution in [0.1, 0.15) is 49.1 Å². The van der Waals surface area contributed by atoms with Gasteiger partial charge in [-0.2, -0.15) is 0 Å². The fourth-order valence-corrected chi connectivity index (χ4v) is 4.32. The molecule has 2 aromatic rings. The highest BCUT2D eigenvalue weighted by molar-refractivity contribution is 7.09. The molecule has 9 nitrogen and oxygen atoms in total. The Bertz CT molecular complexity index is 965. The van der Waals surface area contributed by atoms with Gasteiger partial charge in [0.15, 0.2) is 11.5 Å². The molecule has 178 valence electrons. The number of rotatable bonds is 11. The van der Waals surface area contributed by atoms with E-state index < -0.39 is 24.1 Å². The number of nitrogens with zero attached hydrogens (tertiary/aromatic N) is 1. The van der Waals surface area contributed by atoms with Gasteiger partial charge in [0.1, 0.15) is 6.04 Å². The fourth-order valence-electron chi connectivity index (χ4n) is 3.56. The number of thiophene rings is 1. The highest BCUT2D eigenvalue weighted by atomic mass is 32.1. The van der Waals surface area contributed by atoms with Crippen LogP contribution in [0.4, 0.5) is 4.79 Å². The Morgan fingerprint density at radius 3 is 2.67 bits per heavy atom. The smallest absolute Gasteiger partial charge is 0.315 e. The Balaban J connectivity index is 1.68. The molecule has 0 unspecified atom stereocenters. The molecule has 1 aromatic carbocycles. The van der Waals surface area contributed by atoms with Gasteiger partial charge in [-0.1, -0.05) is 31.9 Å². The molecule has 0 fully saturated rings. The van der Waals surface area contributed by atoms with Gasteiger partial charge in [-0.15, -0.1) is 11.3 Å². The maximum atomic E-state index is 13.0. The topological polar surface area (TPSA) is 117 Å². The average Bonchev–Trinajstić information content (AvgIpc) is 3.46. The van der Waals surface area contributed by atoms with E-state index in [9.17, 15) is 19.5 Å². The van der Waals surface area contributed by atoms with Crippen molar-refractivity contribution in [1.29, 1.82) is 0 Å². The van der Waals surface area contributed by atoms with Gasteiger partial charge in [0, 0.05) is 11.9 Å². The van der Waals surface area contributed by atoms with Gasteiger partial charge >= 0.3 is 12.0 Å². The van der Waals surface area contributed by atoms with E-state index in [4.69, 9.17) is 9.47 Å². The summed E-state index contributed by atoms with van der Waals surface area (Å²) in [6, 6.07) is 6.80. The number of unbranched alkanes of at least 4 members (excludes halogenated alkanes) is 1. The van der Waals surface area contributed by atoms with E-state index in [1.807, 2.05) is 24.4 Å². The van der Waals surface area contributed by atoms with Crippen LogP contribution < -0.4 is 20.1 Å². The lowest BCUT2D eigenvalue weighted by molar-refractivity contribution is -0.137. The molecule has 3 amide bonds. The summed E-state index contributed by atoms with van der Waals surface area (Å²) in [5, 5.41) is 16.8. The number of carboxylic acids is 1. The summed E-state index contributed by atoms with van der Waals surface area (Å²) in [6.45, 7) is 2.57. The molecular formula is C23H29N3O6S. The number of nitrogens with one attached hydrogen (secondary N) is 2. The number of amides is 3. The van der Waals surface area contributed by atoms with Crippen LogP contribution in [0.2, 0.25) is 0 Å². The number of benzene rings is 1. The standard InChI is InChI=1S/C23H29N3O6S/c1-3-4-7-17(22(29)26(2)13-16-6-5-10-33-16)24-23(30)25-18(12-21(27)28)15-8-9-19-20(11-15)32-14-31-19/h5-6,8-11,17-18H,3-4,7,12-14H2,1-2H3,(H,27,28)(H2,24,25,30)/t17-,18-/m0/s1. The zero-order valence-corrected chi connectivity index (χ0v) is 19.5. The van der Waals surface area contributed by atoms with Crippen molar-refractivity contribution in [3.8, 4) is 11.5 Å². The highest BCUT2D eigenvalue weighted by Gasteiger charge is 2.26. The SMILES string of the molecule is CCCC[C@H](NC(=O)N[C@@H](CC(=O)O)c1ccc2c(c1)OCO2)C(=O)N(C)Cc1cccs1. The van der Waals surface area contributed by atoms with E-state index in [1.165, 1.54) is 0 Å². The summed E-state index contributed by atoms with van der Waals surface area (Å²) in [6.07, 6.45) is 1.81. The van der Waals surface area contributed by atoms with Crippen molar-refractivity contribution in [2.75, 3.05) is 13.8 Å². The van der Waals surface area contributed by atoms with Crippen LogP contribution in [0, 0.1) is 0 Å². The summed E-state index contributed by atoms with van der Waals surface area (Å²) in [5.74, 6) is -0.190. The normalized spacial score (nSPS) is 13.8. The first-order chi connectivity index (χ1) is 15.9. The van der Waals surface area contributed by atoms with Crippen molar-refractivity contribution in [2.45, 2.75) is 51.2 Å². The van der Waals surface area contributed by atoms with Gasteiger partial charge in [0.05, 0.1) is 19.0 Å². The lowest BCUT2D eigenvalue weighted by atomic mass is 10.0. The van der Waals surface area contributed by atoms with Crippen molar-refractivity contribution in [3.05, 3.63) is 46.2 Å². The summed E-state index contributed by atoms with van der Waals surface area (Å²) in [5.41, 5.74) is 0.572. The van der Waals surface area contributed by atoms with Crippen molar-refractivity contribution >= 4 is 29.2 Å². The monoisotopic (exact) mass is 475 g/mol. The van der Waals surface area contributed by atoms with Gasteiger partial charge in [-0.05, 0) is 35.6 Å². The summed E-state index contributed by atoms with van der Waals surface area (Å²) < 4.78 is 10.7. The number of carboxylic acid groups (broad SMARTS) is 1. The third-order valence-corrected chi connectivity index (χ3v) is 6.14. The van der Waals surface area contributed by atoms with Gasteiger partial charge in [-0.3, -0.25) is 9.59 Å². The predicted molar refractivity (Wildman–Crippen MR) is 123 cm³/mol. The average molecular weight is 476 g/mol. The molecule has 1 aromatic heterocycles. The van der Waals surface area contributed by atoms with Crippen LogP contribution in [0.15, 0.2) is 35.7 Å². The highest BCUT2D eigenvalue weighted by Crippen LogP contribution is 2.34. The van der Waals surface area contributed by atoms with Gasteiger partial charge in [0.25, 0.3) is 0 Å². The Labute approximate surface area is 196 Å². The Morgan fingerprint density at radius 1 is 1.18 bits per heavy atom. The molecule has 33 heavy (non-hydrogen) atoms. The first kappa shape index (κ1) is 24.4. The van der Waals surface area contributed by atoms with E-state index in [1.54, 1.807) is 41.5 Å². The van der Waals surface area contributed by atoms with E-state index in [0.29, 0.717) is 30.0 Å². The second kappa shape index (κ2) is 11.6. The maximum absolute atomic E-state index is 13.0. The number of ether oxygens (including phenoxy) is 2. The molecule has 0 saturated carbocycles. The molecule has 3 rings (SSSR count). The largest absolute Gasteiger partial charge is 0.481 e. The molecule has 10 heteroatoms. The van der Waals surface area contributed by atoms with E-state index >= 15 is 0 Å². The van der Waals surface area contributed by atoms with Crippen molar-refractivity contribution in [1.82, 2.24) is 15.5 Å². The minimum atomic E-state index is -1.06. The molecule has 2 atom stereocenters. The molecule has 1 aliphatic rings. The Hall–Kier alpha value is -3.27. The minimum Gasteiger partial charge on any atom is -0.481 e. The van der Waals surface area contributed by atoms with E-state index in [0.717, 1.165) is 17.7 Å². The minimum absolute atomic E-state index is 0.0938. The van der Waals surface area contributed by atoms with Crippen LogP contribution in [-0.4, -0.2) is 47.8 Å². The Kier molecular flexibility index (Phi) is 8.53. The van der Waals surface area contributed by atoms with Crippen molar-refractivity contribution in [2.24, 2.45) is 0 Å². The number of hydrogen-bond acceptors (Lipinski definition) is 6.